The van der Waals surface area contributed by atoms with Gasteiger partial charge >= 0.3 is 6.01 Å². The Morgan fingerprint density at radius 3 is 2.44 bits per heavy atom. The van der Waals surface area contributed by atoms with E-state index >= 15 is 0 Å². The van der Waals surface area contributed by atoms with Gasteiger partial charge < -0.3 is 15.1 Å². The van der Waals surface area contributed by atoms with Gasteiger partial charge in [-0.1, -0.05) is 17.2 Å². The third kappa shape index (κ3) is 2.31. The number of aromatic nitrogens is 2. The van der Waals surface area contributed by atoms with Crippen molar-refractivity contribution >= 4 is 11.7 Å². The fraction of sp³-hybridized carbons (Fsp3) is 0.273. The second-order valence-electron chi connectivity index (χ2n) is 3.79. The first-order valence-electron chi connectivity index (χ1n) is 4.99. The summed E-state index contributed by atoms with van der Waals surface area (Å²) >= 11 is 0. The smallest absolute Gasteiger partial charge is 0.317 e. The van der Waals surface area contributed by atoms with E-state index in [9.17, 15) is 0 Å². The molecule has 84 valence electrons. The van der Waals surface area contributed by atoms with Gasteiger partial charge in [-0.25, -0.2) is 0 Å². The number of rotatable bonds is 3. The van der Waals surface area contributed by atoms with E-state index in [-0.39, 0.29) is 0 Å². The third-order valence-corrected chi connectivity index (χ3v) is 2.17. The van der Waals surface area contributed by atoms with Gasteiger partial charge in [0, 0.05) is 19.8 Å². The minimum absolute atomic E-state index is 0.519. The molecule has 0 saturated heterocycles. The van der Waals surface area contributed by atoms with E-state index in [1.165, 1.54) is 0 Å². The highest BCUT2D eigenvalue weighted by molar-refractivity contribution is 5.39. The monoisotopic (exact) mass is 218 g/mol. The highest BCUT2D eigenvalue weighted by Gasteiger charge is 2.07. The number of hydrogen-bond acceptors (Lipinski definition) is 5. The van der Waals surface area contributed by atoms with Gasteiger partial charge in [0.2, 0.25) is 5.89 Å². The average Bonchev–Trinajstić information content (AvgIpc) is 2.70. The molecule has 0 bridgehead atoms. The molecule has 1 aromatic heterocycles. The Balaban J connectivity index is 2.11. The molecule has 2 N–H and O–H groups in total. The topological polar surface area (TPSA) is 68.2 Å². The van der Waals surface area contributed by atoms with Crippen LogP contribution < -0.4 is 10.6 Å². The number of nitrogens with two attached hydrogens (primary N) is 1. The van der Waals surface area contributed by atoms with Crippen LogP contribution >= 0.6 is 0 Å². The van der Waals surface area contributed by atoms with E-state index in [2.05, 4.69) is 10.2 Å². The number of hydrogen-bond donors (Lipinski definition) is 1. The van der Waals surface area contributed by atoms with Gasteiger partial charge in [-0.2, -0.15) is 0 Å². The Morgan fingerprint density at radius 2 is 1.88 bits per heavy atom. The van der Waals surface area contributed by atoms with E-state index in [0.717, 1.165) is 11.3 Å². The molecule has 0 radical (unpaired) electrons. The molecule has 5 nitrogen and oxygen atoms in total. The number of benzene rings is 1. The van der Waals surface area contributed by atoms with Crippen LogP contribution in [-0.4, -0.2) is 24.3 Å². The Hall–Kier alpha value is -2.04. The van der Waals surface area contributed by atoms with Gasteiger partial charge in [0.1, 0.15) is 0 Å². The summed E-state index contributed by atoms with van der Waals surface area (Å²) in [5.74, 6) is 0.605. The molecule has 5 heteroatoms. The van der Waals surface area contributed by atoms with Crippen LogP contribution in [-0.2, 0) is 6.42 Å². The molecule has 0 fully saturated rings. The van der Waals surface area contributed by atoms with Crippen molar-refractivity contribution in [3.63, 3.8) is 0 Å². The lowest BCUT2D eigenvalue weighted by atomic mass is 10.1. The first-order valence-corrected chi connectivity index (χ1v) is 4.99. The van der Waals surface area contributed by atoms with Crippen molar-refractivity contribution in [2.24, 2.45) is 0 Å². The van der Waals surface area contributed by atoms with Crippen molar-refractivity contribution in [1.29, 1.82) is 0 Å². The summed E-state index contributed by atoms with van der Waals surface area (Å²) in [6.07, 6.45) is 0.626. The van der Waals surface area contributed by atoms with Crippen molar-refractivity contribution in [1.82, 2.24) is 10.2 Å². The molecular formula is C11H14N4O. The second-order valence-corrected chi connectivity index (χ2v) is 3.79. The summed E-state index contributed by atoms with van der Waals surface area (Å²) in [5, 5.41) is 7.88. The van der Waals surface area contributed by atoms with Crippen LogP contribution in [0.3, 0.4) is 0 Å². The van der Waals surface area contributed by atoms with Gasteiger partial charge in [0.25, 0.3) is 0 Å². The third-order valence-electron chi connectivity index (χ3n) is 2.17. The molecule has 2 rings (SSSR count). The predicted molar refractivity (Wildman–Crippen MR) is 62.3 cm³/mol. The summed E-state index contributed by atoms with van der Waals surface area (Å²) in [7, 11) is 3.72. The van der Waals surface area contributed by atoms with Crippen molar-refractivity contribution in [2.45, 2.75) is 6.42 Å². The number of nitrogen functional groups attached to an aromatic ring is 1. The molecule has 0 aliphatic heterocycles. The SMILES string of the molecule is CN(C)c1nnc(Cc2ccc(N)cc2)o1. The van der Waals surface area contributed by atoms with E-state index < -0.39 is 0 Å². The molecule has 16 heavy (non-hydrogen) atoms. The Morgan fingerprint density at radius 1 is 1.19 bits per heavy atom. The minimum Gasteiger partial charge on any atom is -0.408 e. The van der Waals surface area contributed by atoms with E-state index in [0.29, 0.717) is 18.3 Å². The zero-order valence-corrected chi connectivity index (χ0v) is 9.34. The maximum atomic E-state index is 5.61. The van der Waals surface area contributed by atoms with E-state index in [1.807, 2.05) is 38.4 Å². The maximum Gasteiger partial charge on any atom is 0.317 e. The van der Waals surface area contributed by atoms with Crippen molar-refractivity contribution in [3.05, 3.63) is 35.7 Å². The van der Waals surface area contributed by atoms with Crippen LogP contribution in [0.25, 0.3) is 0 Å². The molecular weight excluding hydrogens is 204 g/mol. The maximum absolute atomic E-state index is 5.61. The minimum atomic E-state index is 0.519. The first kappa shape index (κ1) is 10.5. The predicted octanol–water partition coefficient (Wildman–Crippen LogP) is 1.31. The van der Waals surface area contributed by atoms with Gasteiger partial charge in [0.15, 0.2) is 0 Å². The summed E-state index contributed by atoms with van der Waals surface area (Å²) in [6, 6.07) is 8.14. The summed E-state index contributed by atoms with van der Waals surface area (Å²) < 4.78 is 5.45. The van der Waals surface area contributed by atoms with Gasteiger partial charge in [-0.15, -0.1) is 5.10 Å². The summed E-state index contributed by atoms with van der Waals surface area (Å²) in [5.41, 5.74) is 7.46. The molecule has 1 heterocycles. The first-order chi connectivity index (χ1) is 7.65. The van der Waals surface area contributed by atoms with Crippen LogP contribution in [0.5, 0.6) is 0 Å². The average molecular weight is 218 g/mol. The molecule has 0 saturated carbocycles. The quantitative estimate of drug-likeness (QED) is 0.787. The highest BCUT2D eigenvalue weighted by atomic mass is 16.4. The van der Waals surface area contributed by atoms with E-state index in [4.69, 9.17) is 10.2 Å². The van der Waals surface area contributed by atoms with E-state index in [1.54, 1.807) is 4.90 Å². The van der Waals surface area contributed by atoms with Crippen LogP contribution in [0.4, 0.5) is 11.7 Å². The second kappa shape index (κ2) is 4.22. The normalized spacial score (nSPS) is 10.4. The van der Waals surface area contributed by atoms with Crippen molar-refractivity contribution in [3.8, 4) is 0 Å². The molecule has 2 aromatic rings. The van der Waals surface area contributed by atoms with Gasteiger partial charge in [0.05, 0.1) is 6.42 Å². The highest BCUT2D eigenvalue weighted by Crippen LogP contribution is 2.13. The molecule has 0 aliphatic rings. The standard InChI is InChI=1S/C11H14N4O/c1-15(2)11-14-13-10(16-11)7-8-3-5-9(12)6-4-8/h3-6H,7,12H2,1-2H3. The molecule has 0 unspecified atom stereocenters. The fourth-order valence-corrected chi connectivity index (χ4v) is 1.31. The zero-order chi connectivity index (χ0) is 11.5. The number of nitrogens with zero attached hydrogens (tertiary/aromatic N) is 3. The molecule has 0 amide bonds. The summed E-state index contributed by atoms with van der Waals surface area (Å²) in [6.45, 7) is 0. The Kier molecular flexibility index (Phi) is 2.76. The lowest BCUT2D eigenvalue weighted by molar-refractivity contribution is 0.506. The molecule has 1 aromatic carbocycles. The van der Waals surface area contributed by atoms with Crippen LogP contribution in [0.15, 0.2) is 28.7 Å². The lowest BCUT2D eigenvalue weighted by Crippen LogP contribution is -2.08. The molecule has 0 aliphatic carbocycles. The van der Waals surface area contributed by atoms with Gasteiger partial charge in [-0.3, -0.25) is 0 Å². The Bertz CT molecular complexity index is 461. The van der Waals surface area contributed by atoms with Crippen molar-refractivity contribution in [2.75, 3.05) is 24.7 Å². The van der Waals surface area contributed by atoms with Crippen molar-refractivity contribution < 1.29 is 4.42 Å². The molecule has 0 spiro atoms. The Labute approximate surface area is 93.9 Å². The van der Waals surface area contributed by atoms with Crippen LogP contribution in [0.2, 0.25) is 0 Å². The largest absolute Gasteiger partial charge is 0.408 e. The molecule has 0 atom stereocenters. The van der Waals surface area contributed by atoms with Crippen LogP contribution in [0.1, 0.15) is 11.5 Å². The van der Waals surface area contributed by atoms with Crippen LogP contribution in [0, 0.1) is 0 Å². The van der Waals surface area contributed by atoms with Gasteiger partial charge in [-0.05, 0) is 17.7 Å². The summed E-state index contributed by atoms with van der Waals surface area (Å²) in [4.78, 5) is 1.78. The lowest BCUT2D eigenvalue weighted by Gasteiger charge is -2.03. The zero-order valence-electron chi connectivity index (χ0n) is 9.34. The number of anilines is 2. The fourth-order valence-electron chi connectivity index (χ4n) is 1.31.